The predicted octanol–water partition coefficient (Wildman–Crippen LogP) is 0.860. The largest absolute Gasteiger partial charge is 0.397 e. The van der Waals surface area contributed by atoms with Gasteiger partial charge in [-0.2, -0.15) is 0 Å². The molecule has 17 heavy (non-hydrogen) atoms. The summed E-state index contributed by atoms with van der Waals surface area (Å²) >= 11 is 0. The summed E-state index contributed by atoms with van der Waals surface area (Å²) in [6.45, 7) is 0. The number of nitrogens with zero attached hydrogens (tertiary/aromatic N) is 2. The lowest BCUT2D eigenvalue weighted by Crippen LogP contribution is -2.13. The maximum absolute atomic E-state index is 11.9. The van der Waals surface area contributed by atoms with Gasteiger partial charge in [0.15, 0.2) is 0 Å². The fraction of sp³-hybridized carbons (Fsp3) is 0. The van der Waals surface area contributed by atoms with Gasteiger partial charge in [0.1, 0.15) is 5.82 Å². The van der Waals surface area contributed by atoms with E-state index in [0.29, 0.717) is 5.69 Å². The van der Waals surface area contributed by atoms with Crippen LogP contribution in [0.25, 0.3) is 0 Å². The highest BCUT2D eigenvalue weighted by atomic mass is 32.2. The number of nitrogens with two attached hydrogens (primary N) is 1. The number of hydrogen-bond donors (Lipinski definition) is 2. The molecule has 0 atom stereocenters. The van der Waals surface area contributed by atoms with Crippen LogP contribution in [0.15, 0.2) is 47.8 Å². The van der Waals surface area contributed by atoms with Crippen LogP contribution in [0, 0.1) is 0 Å². The van der Waals surface area contributed by atoms with Gasteiger partial charge in [-0.1, -0.05) is 0 Å². The van der Waals surface area contributed by atoms with E-state index in [4.69, 9.17) is 5.73 Å². The van der Waals surface area contributed by atoms with Crippen molar-refractivity contribution in [2.24, 2.45) is 0 Å². The van der Waals surface area contributed by atoms with Gasteiger partial charge in [0, 0.05) is 12.4 Å². The van der Waals surface area contributed by atoms with Crippen molar-refractivity contribution in [1.82, 2.24) is 9.97 Å². The molecule has 0 aliphatic carbocycles. The fourth-order valence-electron chi connectivity index (χ4n) is 1.18. The van der Waals surface area contributed by atoms with Crippen molar-refractivity contribution in [3.8, 4) is 0 Å². The van der Waals surface area contributed by atoms with Gasteiger partial charge >= 0.3 is 0 Å². The van der Waals surface area contributed by atoms with Gasteiger partial charge in [0.2, 0.25) is 0 Å². The SMILES string of the molecule is Nc1ccc(NS(=O)(=O)c2ccncc2)nc1. The Morgan fingerprint density at radius 2 is 1.82 bits per heavy atom. The topological polar surface area (TPSA) is 98.0 Å². The van der Waals surface area contributed by atoms with Crippen LogP contribution in [-0.4, -0.2) is 18.4 Å². The Bertz CT molecular complexity index is 596. The van der Waals surface area contributed by atoms with Gasteiger partial charge < -0.3 is 5.73 Å². The lowest BCUT2D eigenvalue weighted by molar-refractivity contribution is 0.601. The number of pyridine rings is 2. The van der Waals surface area contributed by atoms with E-state index in [0.717, 1.165) is 0 Å². The van der Waals surface area contributed by atoms with Gasteiger partial charge in [-0.05, 0) is 24.3 Å². The molecule has 0 amide bonds. The molecule has 88 valence electrons. The maximum Gasteiger partial charge on any atom is 0.263 e. The third-order valence-electron chi connectivity index (χ3n) is 1.99. The number of nitrogens with one attached hydrogen (secondary N) is 1. The van der Waals surface area contributed by atoms with Crippen LogP contribution in [0.2, 0.25) is 0 Å². The van der Waals surface area contributed by atoms with Crippen molar-refractivity contribution in [3.05, 3.63) is 42.9 Å². The average Bonchev–Trinajstić information content (AvgIpc) is 2.33. The average molecular weight is 250 g/mol. The molecule has 0 bridgehead atoms. The standard InChI is InChI=1S/C10H10N4O2S/c11-8-1-2-10(13-7-8)14-17(15,16)9-3-5-12-6-4-9/h1-7H,11H2,(H,13,14). The Morgan fingerprint density at radius 3 is 2.41 bits per heavy atom. The van der Waals surface area contributed by atoms with Gasteiger partial charge in [0.25, 0.3) is 10.0 Å². The summed E-state index contributed by atoms with van der Waals surface area (Å²) in [5.41, 5.74) is 5.92. The molecular weight excluding hydrogens is 240 g/mol. The van der Waals surface area contributed by atoms with E-state index in [1.807, 2.05) is 0 Å². The molecule has 0 saturated heterocycles. The van der Waals surface area contributed by atoms with Gasteiger partial charge in [-0.25, -0.2) is 13.4 Å². The zero-order valence-corrected chi connectivity index (χ0v) is 9.55. The van der Waals surface area contributed by atoms with E-state index in [1.54, 1.807) is 6.07 Å². The Labute approximate surface area is 98.6 Å². The molecule has 0 aromatic carbocycles. The Balaban J connectivity index is 2.27. The van der Waals surface area contributed by atoms with E-state index in [1.165, 1.54) is 36.8 Å². The molecule has 3 N–H and O–H groups in total. The molecule has 0 radical (unpaired) electrons. The van der Waals surface area contributed by atoms with Crippen LogP contribution in [0.1, 0.15) is 0 Å². The lowest BCUT2D eigenvalue weighted by Gasteiger charge is -2.06. The van der Waals surface area contributed by atoms with Gasteiger partial charge in [-0.3, -0.25) is 9.71 Å². The first-order valence-electron chi connectivity index (χ1n) is 4.72. The van der Waals surface area contributed by atoms with Crippen LogP contribution in [0.5, 0.6) is 0 Å². The number of aromatic nitrogens is 2. The van der Waals surface area contributed by atoms with Crippen LogP contribution < -0.4 is 10.5 Å². The van der Waals surface area contributed by atoms with Crippen molar-refractivity contribution in [2.75, 3.05) is 10.5 Å². The Kier molecular flexibility index (Phi) is 2.92. The third-order valence-corrected chi connectivity index (χ3v) is 3.36. The van der Waals surface area contributed by atoms with Crippen LogP contribution in [0.4, 0.5) is 11.5 Å². The molecule has 2 rings (SSSR count). The number of rotatable bonds is 3. The summed E-state index contributed by atoms with van der Waals surface area (Å²) in [6, 6.07) is 5.87. The van der Waals surface area contributed by atoms with Crippen LogP contribution in [-0.2, 0) is 10.0 Å². The molecule has 6 nitrogen and oxygen atoms in total. The minimum Gasteiger partial charge on any atom is -0.397 e. The van der Waals surface area contributed by atoms with Crippen molar-refractivity contribution in [2.45, 2.75) is 4.90 Å². The summed E-state index contributed by atoms with van der Waals surface area (Å²) < 4.78 is 26.1. The zero-order chi connectivity index (χ0) is 12.3. The fourth-order valence-corrected chi connectivity index (χ4v) is 2.17. The van der Waals surface area contributed by atoms with Crippen LogP contribution in [0.3, 0.4) is 0 Å². The van der Waals surface area contributed by atoms with E-state index in [-0.39, 0.29) is 10.7 Å². The first kappa shape index (κ1) is 11.3. The third kappa shape index (κ3) is 2.70. The van der Waals surface area contributed by atoms with E-state index >= 15 is 0 Å². The molecule has 0 aliphatic rings. The molecule has 2 heterocycles. The predicted molar refractivity (Wildman–Crippen MR) is 63.7 cm³/mol. The number of anilines is 2. The van der Waals surface area contributed by atoms with E-state index in [9.17, 15) is 8.42 Å². The van der Waals surface area contributed by atoms with Gasteiger partial charge in [-0.15, -0.1) is 0 Å². The van der Waals surface area contributed by atoms with Crippen molar-refractivity contribution in [1.29, 1.82) is 0 Å². The Morgan fingerprint density at radius 1 is 1.12 bits per heavy atom. The summed E-state index contributed by atoms with van der Waals surface area (Å²) in [5.74, 6) is 0.219. The Hall–Kier alpha value is -2.15. The lowest BCUT2D eigenvalue weighted by atomic mass is 10.4. The minimum absolute atomic E-state index is 0.131. The summed E-state index contributed by atoms with van der Waals surface area (Å²) in [4.78, 5) is 7.74. The number of hydrogen-bond acceptors (Lipinski definition) is 5. The van der Waals surface area contributed by atoms with Crippen LogP contribution >= 0.6 is 0 Å². The zero-order valence-electron chi connectivity index (χ0n) is 8.74. The monoisotopic (exact) mass is 250 g/mol. The first-order chi connectivity index (χ1) is 8.08. The first-order valence-corrected chi connectivity index (χ1v) is 6.20. The van der Waals surface area contributed by atoms with E-state index < -0.39 is 10.0 Å². The highest BCUT2D eigenvalue weighted by Gasteiger charge is 2.13. The molecule has 0 aliphatic heterocycles. The molecule has 0 spiro atoms. The summed E-state index contributed by atoms with van der Waals surface area (Å²) in [6.07, 6.45) is 4.19. The number of nitrogen functional groups attached to an aromatic ring is 1. The number of sulfonamides is 1. The molecule has 0 unspecified atom stereocenters. The maximum atomic E-state index is 11.9. The second-order valence-corrected chi connectivity index (χ2v) is 4.95. The molecule has 2 aromatic rings. The second kappa shape index (κ2) is 4.38. The molecule has 0 saturated carbocycles. The quantitative estimate of drug-likeness (QED) is 0.841. The highest BCUT2D eigenvalue weighted by Crippen LogP contribution is 2.13. The smallest absolute Gasteiger partial charge is 0.263 e. The second-order valence-electron chi connectivity index (χ2n) is 3.27. The minimum atomic E-state index is -3.62. The van der Waals surface area contributed by atoms with Crippen molar-refractivity contribution < 1.29 is 8.42 Å². The van der Waals surface area contributed by atoms with E-state index in [2.05, 4.69) is 14.7 Å². The van der Waals surface area contributed by atoms with Crippen molar-refractivity contribution in [3.63, 3.8) is 0 Å². The summed E-state index contributed by atoms with van der Waals surface area (Å²) in [5, 5.41) is 0. The normalized spacial score (nSPS) is 11.1. The molecule has 0 fully saturated rings. The van der Waals surface area contributed by atoms with Crippen molar-refractivity contribution >= 4 is 21.5 Å². The molecule has 2 aromatic heterocycles. The van der Waals surface area contributed by atoms with Gasteiger partial charge in [0.05, 0.1) is 16.8 Å². The highest BCUT2D eigenvalue weighted by molar-refractivity contribution is 7.92. The summed E-state index contributed by atoms with van der Waals surface area (Å²) in [7, 11) is -3.62. The molecular formula is C10H10N4O2S. The molecule has 7 heteroatoms.